The minimum Gasteiger partial charge on any atom is -0.306 e. The molecule has 0 aromatic heterocycles. The molecule has 0 saturated carbocycles. The summed E-state index contributed by atoms with van der Waals surface area (Å²) in [5, 5.41) is 2.12. The van der Waals surface area contributed by atoms with E-state index in [9.17, 15) is 18.4 Å². The van der Waals surface area contributed by atoms with E-state index in [1.165, 1.54) is 19.9 Å². The summed E-state index contributed by atoms with van der Waals surface area (Å²) in [6, 6.07) is 2.82. The SMILES string of the molecule is CC1(C)C(=O)NC(=O)N1Cc1c(F)cccc1F. The van der Waals surface area contributed by atoms with E-state index in [2.05, 4.69) is 5.32 Å². The van der Waals surface area contributed by atoms with E-state index in [4.69, 9.17) is 0 Å². The van der Waals surface area contributed by atoms with Crippen molar-refractivity contribution >= 4 is 11.9 Å². The van der Waals surface area contributed by atoms with Gasteiger partial charge in [0.1, 0.15) is 17.2 Å². The van der Waals surface area contributed by atoms with Crippen molar-refractivity contribution in [2.75, 3.05) is 0 Å². The first kappa shape index (κ1) is 12.5. The maximum absolute atomic E-state index is 13.5. The minimum atomic E-state index is -1.12. The van der Waals surface area contributed by atoms with Crippen molar-refractivity contribution in [2.24, 2.45) is 0 Å². The molecule has 96 valence electrons. The second kappa shape index (κ2) is 4.04. The summed E-state index contributed by atoms with van der Waals surface area (Å²) in [6.07, 6.45) is 0. The van der Waals surface area contributed by atoms with Gasteiger partial charge in [-0.2, -0.15) is 0 Å². The number of hydrogen-bond acceptors (Lipinski definition) is 2. The minimum absolute atomic E-state index is 0.226. The van der Waals surface area contributed by atoms with Gasteiger partial charge in [0, 0.05) is 5.56 Å². The Morgan fingerprint density at radius 3 is 2.22 bits per heavy atom. The quantitative estimate of drug-likeness (QED) is 0.818. The van der Waals surface area contributed by atoms with Crippen molar-refractivity contribution in [1.82, 2.24) is 10.2 Å². The molecule has 0 radical (unpaired) electrons. The zero-order valence-electron chi connectivity index (χ0n) is 9.96. The molecular weight excluding hydrogens is 242 g/mol. The van der Waals surface area contributed by atoms with Gasteiger partial charge in [-0.05, 0) is 26.0 Å². The third kappa shape index (κ3) is 1.83. The molecule has 0 unspecified atom stereocenters. The molecule has 1 fully saturated rings. The number of carbonyl (C=O) groups excluding carboxylic acids is 2. The Morgan fingerprint density at radius 1 is 1.22 bits per heavy atom. The normalized spacial score (nSPS) is 18.1. The van der Waals surface area contributed by atoms with Crippen LogP contribution in [-0.4, -0.2) is 22.4 Å². The number of urea groups is 1. The second-order valence-electron chi connectivity index (χ2n) is 4.60. The molecule has 6 heteroatoms. The summed E-state index contributed by atoms with van der Waals surface area (Å²) < 4.78 is 27.0. The van der Waals surface area contributed by atoms with Crippen LogP contribution in [0.2, 0.25) is 0 Å². The summed E-state index contributed by atoms with van der Waals surface area (Å²) in [6.45, 7) is 2.75. The Labute approximate surface area is 103 Å². The summed E-state index contributed by atoms with van der Waals surface area (Å²) >= 11 is 0. The van der Waals surface area contributed by atoms with Gasteiger partial charge in [-0.1, -0.05) is 6.07 Å². The molecule has 18 heavy (non-hydrogen) atoms. The Hall–Kier alpha value is -1.98. The zero-order valence-corrected chi connectivity index (χ0v) is 9.96. The highest BCUT2D eigenvalue weighted by Gasteiger charge is 2.45. The smallest absolute Gasteiger partial charge is 0.306 e. The van der Waals surface area contributed by atoms with E-state index < -0.39 is 29.1 Å². The van der Waals surface area contributed by atoms with Crippen molar-refractivity contribution in [3.63, 3.8) is 0 Å². The first-order valence-corrected chi connectivity index (χ1v) is 5.40. The molecule has 1 saturated heterocycles. The number of halogens is 2. The standard InChI is InChI=1S/C12H12F2N2O2/c1-12(2)10(17)15-11(18)16(12)6-7-8(13)4-3-5-9(7)14/h3-5H,6H2,1-2H3,(H,15,17,18). The van der Waals surface area contributed by atoms with Crippen LogP contribution in [0.1, 0.15) is 19.4 Å². The Kier molecular flexibility index (Phi) is 2.80. The van der Waals surface area contributed by atoms with Gasteiger partial charge >= 0.3 is 6.03 Å². The van der Waals surface area contributed by atoms with Crippen molar-refractivity contribution in [1.29, 1.82) is 0 Å². The van der Waals surface area contributed by atoms with E-state index in [1.54, 1.807) is 0 Å². The zero-order chi connectivity index (χ0) is 13.5. The summed E-state index contributed by atoms with van der Waals surface area (Å²) in [5.41, 5.74) is -1.35. The molecule has 1 aromatic carbocycles. The lowest BCUT2D eigenvalue weighted by Crippen LogP contribution is -2.43. The summed E-state index contributed by atoms with van der Waals surface area (Å²) in [7, 11) is 0. The lowest BCUT2D eigenvalue weighted by atomic mass is 10.0. The van der Waals surface area contributed by atoms with Gasteiger partial charge in [-0.3, -0.25) is 10.1 Å². The number of carbonyl (C=O) groups is 2. The molecule has 0 spiro atoms. The summed E-state index contributed by atoms with van der Waals surface area (Å²) in [4.78, 5) is 24.2. The maximum Gasteiger partial charge on any atom is 0.325 e. The molecule has 1 aromatic rings. The molecule has 0 atom stereocenters. The molecule has 0 bridgehead atoms. The number of hydrogen-bond donors (Lipinski definition) is 1. The first-order chi connectivity index (χ1) is 8.34. The largest absolute Gasteiger partial charge is 0.325 e. The fourth-order valence-electron chi connectivity index (χ4n) is 1.80. The number of nitrogens with zero attached hydrogens (tertiary/aromatic N) is 1. The highest BCUT2D eigenvalue weighted by atomic mass is 19.1. The molecule has 3 amide bonds. The van der Waals surface area contributed by atoms with Gasteiger partial charge in [-0.25, -0.2) is 13.6 Å². The van der Waals surface area contributed by atoms with E-state index in [1.807, 2.05) is 0 Å². The van der Waals surface area contributed by atoms with Crippen LogP contribution in [0.25, 0.3) is 0 Å². The van der Waals surface area contributed by atoms with Crippen molar-refractivity contribution < 1.29 is 18.4 Å². The van der Waals surface area contributed by atoms with E-state index in [-0.39, 0.29) is 12.1 Å². The van der Waals surface area contributed by atoms with E-state index in [0.717, 1.165) is 17.0 Å². The fourth-order valence-corrected chi connectivity index (χ4v) is 1.80. The van der Waals surface area contributed by atoms with Crippen LogP contribution in [0.5, 0.6) is 0 Å². The van der Waals surface area contributed by atoms with Crippen LogP contribution >= 0.6 is 0 Å². The number of imide groups is 1. The first-order valence-electron chi connectivity index (χ1n) is 5.40. The van der Waals surface area contributed by atoms with Crippen LogP contribution in [0.4, 0.5) is 13.6 Å². The monoisotopic (exact) mass is 254 g/mol. The maximum atomic E-state index is 13.5. The molecule has 1 heterocycles. The Balaban J connectivity index is 2.35. The number of benzene rings is 1. The molecule has 0 aliphatic carbocycles. The Morgan fingerprint density at radius 2 is 1.78 bits per heavy atom. The van der Waals surface area contributed by atoms with Gasteiger partial charge in [0.05, 0.1) is 6.54 Å². The number of nitrogens with one attached hydrogen (secondary N) is 1. The van der Waals surface area contributed by atoms with Crippen LogP contribution in [0, 0.1) is 11.6 Å². The topological polar surface area (TPSA) is 49.4 Å². The highest BCUT2D eigenvalue weighted by Crippen LogP contribution is 2.25. The van der Waals surface area contributed by atoms with Crippen LogP contribution < -0.4 is 5.32 Å². The lowest BCUT2D eigenvalue weighted by molar-refractivity contribution is -0.125. The molecule has 4 nitrogen and oxygen atoms in total. The van der Waals surface area contributed by atoms with E-state index in [0.29, 0.717) is 0 Å². The average molecular weight is 254 g/mol. The van der Waals surface area contributed by atoms with Gasteiger partial charge in [0.15, 0.2) is 0 Å². The van der Waals surface area contributed by atoms with Crippen molar-refractivity contribution in [2.45, 2.75) is 25.9 Å². The van der Waals surface area contributed by atoms with Gasteiger partial charge < -0.3 is 4.90 Å². The predicted octanol–water partition coefficient (Wildman–Crippen LogP) is 1.80. The van der Waals surface area contributed by atoms with Crippen LogP contribution in [-0.2, 0) is 11.3 Å². The van der Waals surface area contributed by atoms with Gasteiger partial charge in [-0.15, -0.1) is 0 Å². The van der Waals surface area contributed by atoms with Gasteiger partial charge in [0.25, 0.3) is 5.91 Å². The molecule has 1 aliphatic heterocycles. The third-order valence-corrected chi connectivity index (χ3v) is 3.07. The Bertz CT molecular complexity index is 509. The van der Waals surface area contributed by atoms with Crippen molar-refractivity contribution in [3.05, 3.63) is 35.4 Å². The molecule has 1 aliphatic rings. The van der Waals surface area contributed by atoms with Crippen LogP contribution in [0.15, 0.2) is 18.2 Å². The lowest BCUT2D eigenvalue weighted by Gasteiger charge is -2.28. The summed E-state index contributed by atoms with van der Waals surface area (Å²) in [5.74, 6) is -1.96. The second-order valence-corrected chi connectivity index (χ2v) is 4.60. The van der Waals surface area contributed by atoms with Gasteiger partial charge in [0.2, 0.25) is 0 Å². The van der Waals surface area contributed by atoms with Crippen molar-refractivity contribution in [3.8, 4) is 0 Å². The third-order valence-electron chi connectivity index (χ3n) is 3.07. The average Bonchev–Trinajstić information content (AvgIpc) is 2.45. The highest BCUT2D eigenvalue weighted by molar-refractivity contribution is 6.06. The predicted molar refractivity (Wildman–Crippen MR) is 59.5 cm³/mol. The number of rotatable bonds is 2. The number of amides is 3. The molecular formula is C12H12F2N2O2. The molecule has 1 N–H and O–H groups in total. The molecule has 2 rings (SSSR count). The van der Waals surface area contributed by atoms with Crippen LogP contribution in [0.3, 0.4) is 0 Å². The van der Waals surface area contributed by atoms with E-state index >= 15 is 0 Å². The fraction of sp³-hybridized carbons (Fsp3) is 0.333.